The van der Waals surface area contributed by atoms with Crippen molar-refractivity contribution >= 4 is 52.7 Å². The predicted molar refractivity (Wildman–Crippen MR) is 118 cm³/mol. The Labute approximate surface area is 192 Å². The molecule has 2 amide bonds. The molecule has 0 aromatic heterocycles. The van der Waals surface area contributed by atoms with Crippen LogP contribution in [0.25, 0.3) is 0 Å². The van der Waals surface area contributed by atoms with Gasteiger partial charge in [0.25, 0.3) is 5.69 Å². The fraction of sp³-hybridized carbons (Fsp3) is 0.200. The zero-order valence-corrected chi connectivity index (χ0v) is 18.5. The van der Waals surface area contributed by atoms with Gasteiger partial charge in [-0.25, -0.2) is 9.59 Å². The molecule has 1 heterocycles. The van der Waals surface area contributed by atoms with Gasteiger partial charge < -0.3 is 15.4 Å². The fourth-order valence-electron chi connectivity index (χ4n) is 2.99. The average molecular weight is 482 g/mol. The molecule has 2 N–H and O–H groups in total. The van der Waals surface area contributed by atoms with Crippen molar-refractivity contribution in [1.29, 1.82) is 0 Å². The first-order chi connectivity index (χ1) is 14.8. The first-order valence-electron chi connectivity index (χ1n) is 9.10. The molecule has 0 bridgehead atoms. The zero-order valence-electron chi connectivity index (χ0n) is 16.2. The summed E-state index contributed by atoms with van der Waals surface area (Å²) in [5, 5.41) is 17.4. The third-order valence-electron chi connectivity index (χ3n) is 4.33. The number of nitro groups is 1. The van der Waals surface area contributed by atoms with E-state index in [-0.39, 0.29) is 23.6 Å². The van der Waals surface area contributed by atoms with E-state index in [1.807, 2.05) is 0 Å². The molecule has 3 rings (SSSR count). The van der Waals surface area contributed by atoms with Crippen LogP contribution in [0, 0.1) is 10.1 Å². The highest BCUT2D eigenvalue weighted by atomic mass is 35.5. The second-order valence-corrected chi connectivity index (χ2v) is 8.22. The van der Waals surface area contributed by atoms with Crippen LogP contribution in [0.5, 0.6) is 0 Å². The first kappa shape index (κ1) is 22.9. The molecule has 1 atom stereocenters. The van der Waals surface area contributed by atoms with Gasteiger partial charge in [0, 0.05) is 33.5 Å². The summed E-state index contributed by atoms with van der Waals surface area (Å²) in [6.45, 7) is 1.79. The molecule has 0 radical (unpaired) electrons. The van der Waals surface area contributed by atoms with Gasteiger partial charge in [0.05, 0.1) is 28.2 Å². The van der Waals surface area contributed by atoms with Crippen molar-refractivity contribution in [1.82, 2.24) is 10.6 Å². The number of halogens is 2. The summed E-state index contributed by atoms with van der Waals surface area (Å²) in [5.41, 5.74) is 0.706. The van der Waals surface area contributed by atoms with Crippen LogP contribution in [0.1, 0.15) is 18.5 Å². The highest BCUT2D eigenvalue weighted by Gasteiger charge is 2.34. The fourth-order valence-corrected chi connectivity index (χ4v) is 4.45. The second kappa shape index (κ2) is 10.0. The van der Waals surface area contributed by atoms with E-state index >= 15 is 0 Å². The van der Waals surface area contributed by atoms with Crippen LogP contribution in [0.15, 0.2) is 58.6 Å². The van der Waals surface area contributed by atoms with E-state index in [9.17, 15) is 19.7 Å². The van der Waals surface area contributed by atoms with Gasteiger partial charge >= 0.3 is 12.0 Å². The number of urea groups is 1. The number of rotatable bonds is 7. The number of carbonyl (C=O) groups excluding carboxylic acids is 2. The number of amides is 2. The van der Waals surface area contributed by atoms with Gasteiger partial charge in [0.1, 0.15) is 0 Å². The van der Waals surface area contributed by atoms with Crippen molar-refractivity contribution in [3.63, 3.8) is 0 Å². The van der Waals surface area contributed by atoms with Gasteiger partial charge in [0.15, 0.2) is 0 Å². The number of nitrogens with zero attached hydrogens (tertiary/aromatic N) is 1. The quantitative estimate of drug-likeness (QED) is 0.252. The summed E-state index contributed by atoms with van der Waals surface area (Å²) in [6.07, 6.45) is 0. The molecule has 2 aromatic carbocycles. The molecule has 1 aliphatic rings. The molecule has 0 saturated carbocycles. The largest absolute Gasteiger partial charge is 0.463 e. The van der Waals surface area contributed by atoms with E-state index in [4.69, 9.17) is 27.9 Å². The van der Waals surface area contributed by atoms with Crippen LogP contribution in [0.2, 0.25) is 10.0 Å². The monoisotopic (exact) mass is 481 g/mol. The lowest BCUT2D eigenvalue weighted by atomic mass is 9.95. The van der Waals surface area contributed by atoms with Crippen molar-refractivity contribution in [2.24, 2.45) is 0 Å². The van der Waals surface area contributed by atoms with E-state index in [0.717, 1.165) is 0 Å². The SMILES string of the molecule is CCOC(=O)C1=C(CSc2cc(Cl)ccc2Cl)NC(=O)N[C@@H]1c1cccc([N+](=O)[O-])c1. The van der Waals surface area contributed by atoms with Gasteiger partial charge in [-0.05, 0) is 30.7 Å². The highest BCUT2D eigenvalue weighted by Crippen LogP contribution is 2.34. The smallest absolute Gasteiger partial charge is 0.338 e. The molecule has 0 spiro atoms. The lowest BCUT2D eigenvalue weighted by molar-refractivity contribution is -0.384. The van der Waals surface area contributed by atoms with E-state index in [1.165, 1.54) is 30.0 Å². The van der Waals surface area contributed by atoms with Gasteiger partial charge in [-0.15, -0.1) is 11.8 Å². The van der Waals surface area contributed by atoms with Crippen molar-refractivity contribution < 1.29 is 19.2 Å². The van der Waals surface area contributed by atoms with Gasteiger partial charge in [0.2, 0.25) is 0 Å². The van der Waals surface area contributed by atoms with E-state index in [2.05, 4.69) is 10.6 Å². The Hall–Kier alpha value is -2.75. The third kappa shape index (κ3) is 5.49. The predicted octanol–water partition coefficient (Wildman–Crippen LogP) is 4.87. The molecular formula is C20H17Cl2N3O5S. The Kier molecular flexibility index (Phi) is 7.42. The van der Waals surface area contributed by atoms with E-state index < -0.39 is 23.0 Å². The van der Waals surface area contributed by atoms with Crippen LogP contribution in [-0.2, 0) is 9.53 Å². The summed E-state index contributed by atoms with van der Waals surface area (Å²) in [4.78, 5) is 36.4. The number of hydrogen-bond acceptors (Lipinski definition) is 6. The minimum atomic E-state index is -0.918. The standard InChI is InChI=1S/C20H17Cl2N3O5S/c1-2-30-19(26)17-15(10-31-16-9-12(21)6-7-14(16)22)23-20(27)24-18(17)11-4-3-5-13(8-11)25(28)29/h3-9,18H,2,10H2,1H3,(H2,23,24,27)/t18-/m1/s1. The normalized spacial score (nSPS) is 15.8. The number of carbonyl (C=O) groups is 2. The number of thioether (sulfide) groups is 1. The topological polar surface area (TPSA) is 111 Å². The zero-order chi connectivity index (χ0) is 22.5. The molecule has 8 nitrogen and oxygen atoms in total. The molecule has 11 heteroatoms. The van der Waals surface area contributed by atoms with Gasteiger partial charge in [-0.1, -0.05) is 35.3 Å². The minimum Gasteiger partial charge on any atom is -0.463 e. The van der Waals surface area contributed by atoms with Gasteiger partial charge in [-0.3, -0.25) is 10.1 Å². The summed E-state index contributed by atoms with van der Waals surface area (Å²) in [6, 6.07) is 9.26. The second-order valence-electron chi connectivity index (χ2n) is 6.36. The van der Waals surface area contributed by atoms with E-state index in [0.29, 0.717) is 26.2 Å². The molecule has 162 valence electrons. The van der Waals surface area contributed by atoms with Crippen molar-refractivity contribution in [2.45, 2.75) is 17.9 Å². The molecule has 2 aromatic rings. The minimum absolute atomic E-state index is 0.123. The summed E-state index contributed by atoms with van der Waals surface area (Å²) >= 11 is 13.5. The molecule has 0 fully saturated rings. The van der Waals surface area contributed by atoms with Crippen LogP contribution in [0.4, 0.5) is 10.5 Å². The molecule has 1 aliphatic heterocycles. The lowest BCUT2D eigenvalue weighted by Crippen LogP contribution is -2.46. The van der Waals surface area contributed by atoms with Crippen LogP contribution < -0.4 is 10.6 Å². The molecular weight excluding hydrogens is 465 g/mol. The summed E-state index contributed by atoms with van der Waals surface area (Å²) in [7, 11) is 0. The Morgan fingerprint density at radius 3 is 2.74 bits per heavy atom. The molecule has 0 saturated heterocycles. The Morgan fingerprint density at radius 2 is 2.03 bits per heavy atom. The number of benzene rings is 2. The first-order valence-corrected chi connectivity index (χ1v) is 10.8. The summed E-state index contributed by atoms with van der Waals surface area (Å²) in [5.74, 6) is -0.452. The molecule has 0 aliphatic carbocycles. The molecule has 0 unspecified atom stereocenters. The number of esters is 1. The average Bonchev–Trinajstić information content (AvgIpc) is 2.74. The highest BCUT2D eigenvalue weighted by molar-refractivity contribution is 7.99. The van der Waals surface area contributed by atoms with Gasteiger partial charge in [-0.2, -0.15) is 0 Å². The van der Waals surface area contributed by atoms with Crippen LogP contribution >= 0.6 is 35.0 Å². The Balaban J connectivity index is 2.02. The van der Waals surface area contributed by atoms with Crippen LogP contribution in [0.3, 0.4) is 0 Å². The maximum atomic E-state index is 12.8. The maximum absolute atomic E-state index is 12.8. The van der Waals surface area contributed by atoms with Crippen LogP contribution in [-0.4, -0.2) is 29.3 Å². The molecule has 31 heavy (non-hydrogen) atoms. The number of ether oxygens (including phenoxy) is 1. The van der Waals surface area contributed by atoms with E-state index in [1.54, 1.807) is 31.2 Å². The number of nitrogens with one attached hydrogen (secondary N) is 2. The Bertz CT molecular complexity index is 1080. The van der Waals surface area contributed by atoms with Crippen molar-refractivity contribution in [2.75, 3.05) is 12.4 Å². The van der Waals surface area contributed by atoms with Crippen molar-refractivity contribution in [3.8, 4) is 0 Å². The number of hydrogen-bond donors (Lipinski definition) is 2. The lowest BCUT2D eigenvalue weighted by Gasteiger charge is -2.29. The number of non-ortho nitro benzene ring substituents is 1. The third-order valence-corrected chi connectivity index (χ3v) is 6.09. The maximum Gasteiger partial charge on any atom is 0.338 e. The number of nitro benzene ring substituents is 1. The summed E-state index contributed by atoms with van der Waals surface area (Å²) < 4.78 is 5.19. The van der Waals surface area contributed by atoms with Crippen molar-refractivity contribution in [3.05, 3.63) is 79.5 Å². The Morgan fingerprint density at radius 1 is 1.26 bits per heavy atom.